The van der Waals surface area contributed by atoms with Crippen molar-refractivity contribution in [3.8, 4) is 17.1 Å². The van der Waals surface area contributed by atoms with E-state index < -0.39 is 16.1 Å². The van der Waals surface area contributed by atoms with Crippen LogP contribution in [0.15, 0.2) is 54.6 Å². The molecular weight excluding hydrogens is 486 g/mol. The lowest BCUT2D eigenvalue weighted by atomic mass is 10.1. The van der Waals surface area contributed by atoms with Crippen LogP contribution in [0.3, 0.4) is 0 Å². The van der Waals surface area contributed by atoms with E-state index in [-0.39, 0.29) is 5.75 Å². The van der Waals surface area contributed by atoms with Crippen LogP contribution in [0, 0.1) is 5.92 Å². The van der Waals surface area contributed by atoms with Gasteiger partial charge in [0, 0.05) is 5.56 Å². The Labute approximate surface area is 220 Å². The van der Waals surface area contributed by atoms with Crippen LogP contribution >= 0.6 is 0 Å². The van der Waals surface area contributed by atoms with E-state index in [2.05, 4.69) is 38.7 Å². The van der Waals surface area contributed by atoms with Gasteiger partial charge in [-0.2, -0.15) is 5.10 Å². The Morgan fingerprint density at radius 1 is 1.08 bits per heavy atom. The third kappa shape index (κ3) is 8.66. The molecule has 2 aromatic carbocycles. The molecular formula is C28H39N5O3S. The summed E-state index contributed by atoms with van der Waals surface area (Å²) in [6.07, 6.45) is 4.38. The van der Waals surface area contributed by atoms with Crippen molar-refractivity contribution in [2.45, 2.75) is 52.0 Å². The third-order valence-electron chi connectivity index (χ3n) is 6.80. The zero-order chi connectivity index (χ0) is 26.1. The Kier molecular flexibility index (Phi) is 9.71. The summed E-state index contributed by atoms with van der Waals surface area (Å²) in [5.74, 6) is 2.67. The Bertz CT molecular complexity index is 1190. The summed E-state index contributed by atoms with van der Waals surface area (Å²) >= 11 is 0. The van der Waals surface area contributed by atoms with Crippen molar-refractivity contribution in [1.29, 1.82) is 0 Å². The zero-order valence-corrected chi connectivity index (χ0v) is 22.7. The number of nitrogens with one attached hydrogen (secondary N) is 2. The highest BCUT2D eigenvalue weighted by atomic mass is 32.2. The van der Waals surface area contributed by atoms with Gasteiger partial charge in [-0.05, 0) is 87.5 Å². The predicted molar refractivity (Wildman–Crippen MR) is 147 cm³/mol. The Hall–Kier alpha value is -2.75. The average molecular weight is 526 g/mol. The molecule has 0 aliphatic heterocycles. The van der Waals surface area contributed by atoms with Crippen LogP contribution in [-0.4, -0.2) is 60.5 Å². The molecule has 2 N–H and O–H groups in total. The number of rotatable bonds is 16. The van der Waals surface area contributed by atoms with Crippen LogP contribution < -0.4 is 9.46 Å². The first-order valence-corrected chi connectivity index (χ1v) is 15.0. The fourth-order valence-electron chi connectivity index (χ4n) is 4.26. The maximum absolute atomic E-state index is 13.0. The minimum absolute atomic E-state index is 0.0780. The summed E-state index contributed by atoms with van der Waals surface area (Å²) in [5, 5.41) is 7.39. The van der Waals surface area contributed by atoms with Crippen molar-refractivity contribution < 1.29 is 13.2 Å². The van der Waals surface area contributed by atoms with E-state index in [0.717, 1.165) is 49.5 Å². The van der Waals surface area contributed by atoms with E-state index in [1.54, 1.807) is 0 Å². The molecule has 0 amide bonds. The predicted octanol–water partition coefficient (Wildman–Crippen LogP) is 4.59. The zero-order valence-electron chi connectivity index (χ0n) is 21.9. The standard InChI is InChI=1S/C28H39N5O3S/c1-3-33(4-2)19-8-20-37(34,35)32-26(18-13-22-9-6-5-7-10-22)28-29-27(30-31-28)24-14-16-25(17-15-24)36-21-23-11-12-23/h5-7,9-10,14-17,23,26,32H,3-4,8,11-13,18-21H2,1-2H3,(H,29,30,31)/t26-/m1/s1. The lowest BCUT2D eigenvalue weighted by molar-refractivity contribution is 0.300. The molecule has 0 radical (unpaired) electrons. The molecule has 1 heterocycles. The lowest BCUT2D eigenvalue weighted by Crippen LogP contribution is -2.33. The number of sulfonamides is 1. The van der Waals surface area contributed by atoms with Crippen molar-refractivity contribution in [3.63, 3.8) is 0 Å². The van der Waals surface area contributed by atoms with Crippen molar-refractivity contribution in [3.05, 3.63) is 66.0 Å². The van der Waals surface area contributed by atoms with Gasteiger partial charge in [0.05, 0.1) is 18.4 Å². The number of aromatic amines is 1. The number of aryl methyl sites for hydroxylation is 1. The molecule has 1 aliphatic rings. The topological polar surface area (TPSA) is 100 Å². The normalized spacial score (nSPS) is 14.7. The van der Waals surface area contributed by atoms with Crippen LogP contribution in [0.25, 0.3) is 11.4 Å². The summed E-state index contributed by atoms with van der Waals surface area (Å²) < 4.78 is 34.7. The Morgan fingerprint density at radius 2 is 1.81 bits per heavy atom. The van der Waals surface area contributed by atoms with E-state index in [9.17, 15) is 8.42 Å². The molecule has 0 saturated heterocycles. The molecule has 1 fully saturated rings. The number of H-pyrrole nitrogens is 1. The molecule has 0 unspecified atom stereocenters. The van der Waals surface area contributed by atoms with Crippen molar-refractivity contribution >= 4 is 10.0 Å². The molecule has 1 aromatic heterocycles. The summed E-state index contributed by atoms with van der Waals surface area (Å²) in [6.45, 7) is 7.53. The fourth-order valence-corrected chi connectivity index (χ4v) is 5.55. The van der Waals surface area contributed by atoms with Gasteiger partial charge in [0.15, 0.2) is 5.82 Å². The van der Waals surface area contributed by atoms with Crippen LogP contribution in [-0.2, 0) is 16.4 Å². The minimum atomic E-state index is -3.50. The van der Waals surface area contributed by atoms with Gasteiger partial charge in [-0.1, -0.05) is 44.2 Å². The van der Waals surface area contributed by atoms with Crippen molar-refractivity contribution in [2.24, 2.45) is 5.92 Å². The second kappa shape index (κ2) is 13.2. The van der Waals surface area contributed by atoms with Gasteiger partial charge < -0.3 is 9.64 Å². The van der Waals surface area contributed by atoms with Crippen LogP contribution in [0.2, 0.25) is 0 Å². The molecule has 9 heteroatoms. The highest BCUT2D eigenvalue weighted by Crippen LogP contribution is 2.30. The number of hydrogen-bond acceptors (Lipinski definition) is 6. The molecule has 0 spiro atoms. The van der Waals surface area contributed by atoms with Gasteiger partial charge >= 0.3 is 0 Å². The van der Waals surface area contributed by atoms with E-state index >= 15 is 0 Å². The first-order valence-electron chi connectivity index (χ1n) is 13.4. The maximum Gasteiger partial charge on any atom is 0.212 e. The fraction of sp³-hybridized carbons (Fsp3) is 0.500. The molecule has 37 heavy (non-hydrogen) atoms. The first-order chi connectivity index (χ1) is 18.0. The second-order valence-corrected chi connectivity index (χ2v) is 11.6. The number of benzene rings is 2. The highest BCUT2D eigenvalue weighted by molar-refractivity contribution is 7.89. The Balaban J connectivity index is 1.44. The summed E-state index contributed by atoms with van der Waals surface area (Å²) in [5.41, 5.74) is 2.00. The lowest BCUT2D eigenvalue weighted by Gasteiger charge is -2.19. The quantitative estimate of drug-likeness (QED) is 0.284. The number of nitrogens with zero attached hydrogens (tertiary/aromatic N) is 3. The van der Waals surface area contributed by atoms with Crippen molar-refractivity contribution in [1.82, 2.24) is 24.8 Å². The SMILES string of the molecule is CCN(CC)CCCS(=O)(=O)N[C@H](CCc1ccccc1)c1nc(-c2ccc(OCC3CC3)cc2)n[nH]1. The molecule has 0 bridgehead atoms. The summed E-state index contributed by atoms with van der Waals surface area (Å²) in [4.78, 5) is 6.91. The number of ether oxygens (including phenoxy) is 1. The van der Waals surface area contributed by atoms with Crippen LogP contribution in [0.4, 0.5) is 0 Å². The molecule has 8 nitrogen and oxygen atoms in total. The summed E-state index contributed by atoms with van der Waals surface area (Å²) in [7, 11) is -3.50. The summed E-state index contributed by atoms with van der Waals surface area (Å²) in [6, 6.07) is 17.3. The van der Waals surface area contributed by atoms with E-state index in [0.29, 0.717) is 30.4 Å². The third-order valence-corrected chi connectivity index (χ3v) is 8.27. The van der Waals surface area contributed by atoms with Gasteiger partial charge in [0.2, 0.25) is 10.0 Å². The Morgan fingerprint density at radius 3 is 2.49 bits per heavy atom. The molecule has 1 aliphatic carbocycles. The molecule has 3 aromatic rings. The van der Waals surface area contributed by atoms with Gasteiger partial charge in [-0.3, -0.25) is 5.10 Å². The van der Waals surface area contributed by atoms with Gasteiger partial charge in [-0.15, -0.1) is 0 Å². The van der Waals surface area contributed by atoms with E-state index in [1.807, 2.05) is 54.6 Å². The second-order valence-electron chi connectivity index (χ2n) is 9.72. The average Bonchev–Trinajstić information content (AvgIpc) is 3.62. The smallest absolute Gasteiger partial charge is 0.212 e. The van der Waals surface area contributed by atoms with Gasteiger partial charge in [0.25, 0.3) is 0 Å². The largest absolute Gasteiger partial charge is 0.493 e. The molecule has 1 atom stereocenters. The monoisotopic (exact) mass is 525 g/mol. The van der Waals surface area contributed by atoms with Gasteiger partial charge in [-0.25, -0.2) is 18.1 Å². The van der Waals surface area contributed by atoms with Crippen molar-refractivity contribution in [2.75, 3.05) is 32.0 Å². The highest BCUT2D eigenvalue weighted by Gasteiger charge is 2.24. The molecule has 200 valence electrons. The molecule has 4 rings (SSSR count). The minimum Gasteiger partial charge on any atom is -0.493 e. The van der Waals surface area contributed by atoms with Crippen LogP contribution in [0.5, 0.6) is 5.75 Å². The van der Waals surface area contributed by atoms with E-state index in [1.165, 1.54) is 12.8 Å². The molecule has 1 saturated carbocycles. The van der Waals surface area contributed by atoms with Crippen LogP contribution in [0.1, 0.15) is 57.0 Å². The number of hydrogen-bond donors (Lipinski definition) is 2. The van der Waals surface area contributed by atoms with Gasteiger partial charge in [0.1, 0.15) is 11.6 Å². The maximum atomic E-state index is 13.0. The first kappa shape index (κ1) is 27.3. The van der Waals surface area contributed by atoms with E-state index in [4.69, 9.17) is 4.74 Å². The number of aromatic nitrogens is 3.